The molecule has 1 saturated carbocycles. The molecule has 0 unspecified atom stereocenters. The Morgan fingerprint density at radius 3 is 1.29 bits per heavy atom. The molecule has 20 heteroatoms. The third-order valence-electron chi connectivity index (χ3n) is 11.2. The van der Waals surface area contributed by atoms with Crippen molar-refractivity contribution in [2.75, 3.05) is 13.2 Å². The van der Waals surface area contributed by atoms with Gasteiger partial charge in [-0.25, -0.2) is 37.9 Å². The van der Waals surface area contributed by atoms with Gasteiger partial charge >= 0.3 is 35.3 Å². The topological polar surface area (TPSA) is 274 Å². The third kappa shape index (κ3) is 11.0. The lowest BCUT2D eigenvalue weighted by Crippen LogP contribution is -2.56. The summed E-state index contributed by atoms with van der Waals surface area (Å²) in [7, 11) is 0. The molecule has 3 aliphatic rings. The number of ether oxygens (including phenoxy) is 6. The van der Waals surface area contributed by atoms with E-state index in [1.807, 2.05) is 13.8 Å². The van der Waals surface area contributed by atoms with Crippen LogP contribution in [0.1, 0.15) is 76.3 Å². The van der Waals surface area contributed by atoms with Crippen LogP contribution in [0.4, 0.5) is 0 Å². The maximum atomic E-state index is 13.1. The number of nitrogens with one attached hydrogen (secondary N) is 2. The van der Waals surface area contributed by atoms with Gasteiger partial charge in [0.2, 0.25) is 11.8 Å². The third-order valence-corrected chi connectivity index (χ3v) is 11.2. The number of hydrogen-bond donors (Lipinski definition) is 4. The molecular formula is C50H48N4O16. The molecule has 0 bridgehead atoms. The second-order valence-electron chi connectivity index (χ2n) is 16.1. The van der Waals surface area contributed by atoms with Crippen molar-refractivity contribution in [3.8, 4) is 34.6 Å². The monoisotopic (exact) mass is 960 g/mol. The van der Waals surface area contributed by atoms with Crippen molar-refractivity contribution < 1.29 is 57.8 Å². The van der Waals surface area contributed by atoms with Crippen LogP contribution in [-0.4, -0.2) is 78.0 Å². The van der Waals surface area contributed by atoms with E-state index >= 15 is 0 Å². The Labute approximate surface area is 397 Å². The van der Waals surface area contributed by atoms with Crippen molar-refractivity contribution in [1.82, 2.24) is 19.1 Å². The zero-order chi connectivity index (χ0) is 50.0. The van der Waals surface area contributed by atoms with Crippen LogP contribution in [0.5, 0.6) is 23.3 Å². The van der Waals surface area contributed by atoms with Crippen molar-refractivity contribution >= 4 is 36.0 Å². The average molecular weight is 961 g/mol. The maximum absolute atomic E-state index is 13.1. The number of rotatable bonds is 16. The van der Waals surface area contributed by atoms with Crippen LogP contribution in [0.15, 0.2) is 127 Å². The van der Waals surface area contributed by atoms with Gasteiger partial charge in [0.25, 0.3) is 22.7 Å². The molecule has 4 heterocycles. The minimum absolute atomic E-state index is 0.186. The van der Waals surface area contributed by atoms with E-state index in [1.54, 1.807) is 48.5 Å². The van der Waals surface area contributed by atoms with Gasteiger partial charge in [-0.1, -0.05) is 75.3 Å². The normalized spacial score (nSPS) is 19.3. The van der Waals surface area contributed by atoms with Crippen LogP contribution >= 0.6 is 0 Å². The van der Waals surface area contributed by atoms with E-state index in [4.69, 9.17) is 28.4 Å². The second kappa shape index (κ2) is 21.5. The SMILES string of the molecule is CCCCOc1cccc(-n2c(O)c(/C=C/C=C/C=C3C(=O)OC4(CCC5(CC4)OC(=O)C(=C/C=C/C=C/c4c(O)n(-c6cccc(OCCCC)c6)c(=O)[nH]c4=O)C(=O)O5)OC3=O)c(=O)[nH]c2=O)c1. The number of H-pyrrole nitrogens is 2. The first kappa shape index (κ1) is 49.2. The van der Waals surface area contributed by atoms with Crippen molar-refractivity contribution in [1.29, 1.82) is 0 Å². The number of carbonyl (C=O) groups is 4. The van der Waals surface area contributed by atoms with Gasteiger partial charge in [0.05, 0.1) is 24.6 Å². The highest BCUT2D eigenvalue weighted by molar-refractivity contribution is 6.16. The number of benzene rings is 2. The summed E-state index contributed by atoms with van der Waals surface area (Å²) >= 11 is 0. The minimum atomic E-state index is -1.73. The lowest BCUT2D eigenvalue weighted by molar-refractivity contribution is -0.291. The number of aromatic hydroxyl groups is 2. The van der Waals surface area contributed by atoms with Gasteiger partial charge in [0.1, 0.15) is 33.8 Å². The summed E-state index contributed by atoms with van der Waals surface area (Å²) in [4.78, 5) is 107. The van der Waals surface area contributed by atoms with E-state index in [2.05, 4.69) is 9.97 Å². The first-order chi connectivity index (χ1) is 33.7. The first-order valence-electron chi connectivity index (χ1n) is 22.3. The Bertz CT molecular complexity index is 2880. The van der Waals surface area contributed by atoms with Gasteiger partial charge in [0.15, 0.2) is 0 Å². The van der Waals surface area contributed by atoms with Gasteiger partial charge in [-0.3, -0.25) is 19.6 Å². The Morgan fingerprint density at radius 2 is 0.929 bits per heavy atom. The number of carbonyl (C=O) groups excluding carboxylic acids is 4. The van der Waals surface area contributed by atoms with E-state index in [-0.39, 0.29) is 48.2 Å². The fourth-order valence-corrected chi connectivity index (χ4v) is 7.48. The van der Waals surface area contributed by atoms with Crippen LogP contribution in [0.2, 0.25) is 0 Å². The zero-order valence-corrected chi connectivity index (χ0v) is 38.0. The van der Waals surface area contributed by atoms with Gasteiger partial charge in [-0.15, -0.1) is 0 Å². The lowest BCUT2D eigenvalue weighted by Gasteiger charge is -2.45. The van der Waals surface area contributed by atoms with Crippen molar-refractivity contribution in [3.05, 3.63) is 161 Å². The summed E-state index contributed by atoms with van der Waals surface area (Å²) in [5.74, 6) is -7.84. The molecule has 7 rings (SSSR count). The molecule has 0 amide bonds. The Kier molecular flexibility index (Phi) is 15.1. The highest BCUT2D eigenvalue weighted by Gasteiger charge is 2.56. The number of hydrogen-bond acceptors (Lipinski definition) is 16. The molecule has 4 N–H and O–H groups in total. The van der Waals surface area contributed by atoms with Crippen LogP contribution in [0.25, 0.3) is 23.5 Å². The van der Waals surface area contributed by atoms with E-state index < -0.39 is 80.9 Å². The van der Waals surface area contributed by atoms with E-state index in [1.165, 1.54) is 48.6 Å². The smallest absolute Gasteiger partial charge is 0.348 e. The summed E-state index contributed by atoms with van der Waals surface area (Å²) in [5.41, 5.74) is -4.40. The molecule has 70 heavy (non-hydrogen) atoms. The highest BCUT2D eigenvalue weighted by Crippen LogP contribution is 2.45. The molecule has 2 aromatic carbocycles. The Hall–Kier alpha value is -8.68. The number of unbranched alkanes of at least 4 members (excludes halogenated alkanes) is 2. The van der Waals surface area contributed by atoms with E-state index in [0.29, 0.717) is 24.7 Å². The Morgan fingerprint density at radius 1 is 0.557 bits per heavy atom. The van der Waals surface area contributed by atoms with Crippen molar-refractivity contribution in [2.45, 2.75) is 76.8 Å². The predicted molar refractivity (Wildman–Crippen MR) is 250 cm³/mol. The standard InChI is InChI=1S/C50H48N4O16/c1-3-5-27-65-33-17-13-15-31(29-33)53-41(57)35(39(55)51-47(53)63)19-9-7-11-21-37-43(59)67-49(68-44(37)60)23-25-50(26-24-49)69-45(61)38(46(62)70-50)22-12-8-10-20-36-40(56)52-48(64)54(42(36)58)32-16-14-18-34(30-32)66-28-6-4-2/h7-22,29-30,57-58H,3-6,23-28H2,1-2H3,(H,51,55,63)(H,52,56,64)/b11-7+,12-8+,19-9+,20-10+,37-21?,38-22?. The zero-order valence-electron chi connectivity index (χ0n) is 38.0. The van der Waals surface area contributed by atoms with Gasteiger partial charge in [-0.2, -0.15) is 0 Å². The molecule has 4 aromatic rings. The second-order valence-corrected chi connectivity index (χ2v) is 16.1. The molecule has 2 saturated heterocycles. The number of aromatic amines is 2. The molecule has 3 fully saturated rings. The molecule has 1 aliphatic carbocycles. The fourth-order valence-electron chi connectivity index (χ4n) is 7.48. The molecule has 2 aromatic heterocycles. The molecule has 364 valence electrons. The van der Waals surface area contributed by atoms with Crippen LogP contribution in [0.3, 0.4) is 0 Å². The molecule has 0 radical (unpaired) electrons. The number of aromatic nitrogens is 4. The van der Waals surface area contributed by atoms with Crippen LogP contribution in [-0.2, 0) is 38.1 Å². The van der Waals surface area contributed by atoms with Crippen molar-refractivity contribution in [3.63, 3.8) is 0 Å². The quantitative estimate of drug-likeness (QED) is 0.0378. The number of nitrogens with zero attached hydrogens (tertiary/aromatic N) is 2. The van der Waals surface area contributed by atoms with Gasteiger partial charge in [-0.05, 0) is 61.4 Å². The fraction of sp³-hybridized carbons (Fsp3) is 0.280. The average Bonchev–Trinajstić information content (AvgIpc) is 3.31. The number of allylic oxidation sites excluding steroid dienone is 8. The minimum Gasteiger partial charge on any atom is -0.494 e. The molecule has 0 atom stereocenters. The Balaban J connectivity index is 0.940. The van der Waals surface area contributed by atoms with Gasteiger partial charge < -0.3 is 38.6 Å². The largest absolute Gasteiger partial charge is 0.494 e. The highest BCUT2D eigenvalue weighted by atomic mass is 16.8. The van der Waals surface area contributed by atoms with Crippen LogP contribution < -0.4 is 32.0 Å². The predicted octanol–water partition coefficient (Wildman–Crippen LogP) is 4.99. The number of esters is 4. The van der Waals surface area contributed by atoms with Crippen LogP contribution in [0, 0.1) is 0 Å². The first-order valence-corrected chi connectivity index (χ1v) is 22.3. The maximum Gasteiger partial charge on any atom is 0.348 e. The summed E-state index contributed by atoms with van der Waals surface area (Å²) in [6.45, 7) is 4.95. The van der Waals surface area contributed by atoms with E-state index in [0.717, 1.165) is 47.0 Å². The molecule has 2 spiro atoms. The molecular weight excluding hydrogens is 913 g/mol. The van der Waals surface area contributed by atoms with Crippen molar-refractivity contribution in [2.24, 2.45) is 0 Å². The summed E-state index contributed by atoms with van der Waals surface area (Å²) in [6, 6.07) is 12.9. The summed E-state index contributed by atoms with van der Waals surface area (Å²) in [5, 5.41) is 21.9. The summed E-state index contributed by atoms with van der Waals surface area (Å²) < 4.78 is 35.4. The molecule has 20 nitrogen and oxygen atoms in total. The summed E-state index contributed by atoms with van der Waals surface area (Å²) in [6.07, 6.45) is 15.4. The molecule has 2 aliphatic heterocycles. The lowest BCUT2D eigenvalue weighted by atomic mass is 9.87. The van der Waals surface area contributed by atoms with E-state index in [9.17, 15) is 48.6 Å². The van der Waals surface area contributed by atoms with Gasteiger partial charge in [0, 0.05) is 37.8 Å².